The fourth-order valence-corrected chi connectivity index (χ4v) is 3.85. The molecule has 5 nitrogen and oxygen atoms in total. The minimum absolute atomic E-state index is 0.153. The molecule has 1 aliphatic rings. The van der Waals surface area contributed by atoms with Gasteiger partial charge in [-0.3, -0.25) is 4.79 Å². The van der Waals surface area contributed by atoms with E-state index in [4.69, 9.17) is 9.26 Å². The summed E-state index contributed by atoms with van der Waals surface area (Å²) in [4.78, 5) is 14.6. The third-order valence-electron chi connectivity index (χ3n) is 4.20. The third-order valence-corrected chi connectivity index (χ3v) is 5.14. The van der Waals surface area contributed by atoms with E-state index < -0.39 is 0 Å². The molecular formula is C18H22N2O3S. The molecule has 2 heterocycles. The number of benzene rings is 1. The highest BCUT2D eigenvalue weighted by atomic mass is 32.2. The van der Waals surface area contributed by atoms with Crippen molar-refractivity contribution in [1.82, 2.24) is 10.1 Å². The number of thioether (sulfide) groups is 1. The van der Waals surface area contributed by atoms with E-state index in [1.807, 2.05) is 36.1 Å². The molecular weight excluding hydrogens is 324 g/mol. The first-order chi connectivity index (χ1) is 11.7. The van der Waals surface area contributed by atoms with E-state index >= 15 is 0 Å². The van der Waals surface area contributed by atoms with Gasteiger partial charge >= 0.3 is 0 Å². The van der Waals surface area contributed by atoms with Crippen LogP contribution in [0.15, 0.2) is 34.9 Å². The molecule has 0 bridgehead atoms. The zero-order valence-electron chi connectivity index (χ0n) is 14.0. The Hall–Kier alpha value is -1.95. The first kappa shape index (κ1) is 16.9. The Labute approximate surface area is 146 Å². The van der Waals surface area contributed by atoms with Crippen LogP contribution in [0.2, 0.25) is 0 Å². The Kier molecular flexibility index (Phi) is 5.45. The van der Waals surface area contributed by atoms with Crippen LogP contribution in [-0.4, -0.2) is 35.4 Å². The zero-order valence-corrected chi connectivity index (χ0v) is 14.8. The summed E-state index contributed by atoms with van der Waals surface area (Å²) in [6.07, 6.45) is 2.05. The van der Waals surface area contributed by atoms with Gasteiger partial charge in [0.2, 0.25) is 5.91 Å². The minimum atomic E-state index is 0.153. The van der Waals surface area contributed by atoms with Crippen molar-refractivity contribution < 1.29 is 14.1 Å². The number of carbonyl (C=O) groups excluding carboxylic acids is 1. The van der Waals surface area contributed by atoms with Gasteiger partial charge in [0.05, 0.1) is 30.4 Å². The van der Waals surface area contributed by atoms with Crippen LogP contribution in [0.5, 0.6) is 5.75 Å². The summed E-state index contributed by atoms with van der Waals surface area (Å²) < 4.78 is 10.5. The Morgan fingerprint density at radius 2 is 2.33 bits per heavy atom. The second-order valence-electron chi connectivity index (χ2n) is 5.95. The normalized spacial score (nSPS) is 17.2. The maximum absolute atomic E-state index is 12.6. The number of hydrogen-bond donors (Lipinski definition) is 0. The molecule has 1 aromatic carbocycles. The monoisotopic (exact) mass is 346 g/mol. The number of likely N-dealkylation sites (tertiary alicyclic amines) is 1. The lowest BCUT2D eigenvalue weighted by Gasteiger charge is -2.25. The van der Waals surface area contributed by atoms with Gasteiger partial charge in [0.1, 0.15) is 11.5 Å². The van der Waals surface area contributed by atoms with E-state index in [1.165, 1.54) is 0 Å². The summed E-state index contributed by atoms with van der Waals surface area (Å²) in [6.45, 7) is 2.72. The van der Waals surface area contributed by atoms with Crippen molar-refractivity contribution >= 4 is 17.7 Å². The molecule has 1 atom stereocenters. The largest absolute Gasteiger partial charge is 0.497 e. The fourth-order valence-electron chi connectivity index (χ4n) is 3.07. The van der Waals surface area contributed by atoms with Crippen molar-refractivity contribution in [2.75, 3.05) is 19.4 Å². The number of rotatable bonds is 6. The molecule has 0 saturated carbocycles. The van der Waals surface area contributed by atoms with E-state index in [2.05, 4.69) is 11.2 Å². The molecule has 1 amide bonds. The lowest BCUT2D eigenvalue weighted by molar-refractivity contribution is -0.129. The Morgan fingerprint density at radius 1 is 1.46 bits per heavy atom. The molecule has 0 aliphatic carbocycles. The van der Waals surface area contributed by atoms with Crippen LogP contribution in [0.25, 0.3) is 0 Å². The van der Waals surface area contributed by atoms with E-state index in [1.54, 1.807) is 18.9 Å². The van der Waals surface area contributed by atoms with Crippen molar-refractivity contribution in [2.45, 2.75) is 31.6 Å². The van der Waals surface area contributed by atoms with Crippen LogP contribution in [0.4, 0.5) is 0 Å². The van der Waals surface area contributed by atoms with Gasteiger partial charge in [0.15, 0.2) is 0 Å². The summed E-state index contributed by atoms with van der Waals surface area (Å²) in [5.74, 6) is 2.96. The van der Waals surface area contributed by atoms with Crippen LogP contribution in [0.1, 0.15) is 35.9 Å². The van der Waals surface area contributed by atoms with E-state index in [0.29, 0.717) is 11.5 Å². The van der Waals surface area contributed by atoms with Gasteiger partial charge in [-0.25, -0.2) is 0 Å². The number of hydrogen-bond acceptors (Lipinski definition) is 5. The summed E-state index contributed by atoms with van der Waals surface area (Å²) in [5, 5.41) is 3.86. The standard InChI is InChI=1S/C18H22N2O3S/c1-13-9-16(23-19-13)11-24-12-18(21)20-8-4-7-17(20)14-5-3-6-15(10-14)22-2/h3,5-6,9-10,17H,4,7-8,11-12H2,1-2H3/t17-/m1/s1. The second kappa shape index (κ2) is 7.75. The van der Waals surface area contributed by atoms with Crippen molar-refractivity contribution in [1.29, 1.82) is 0 Å². The number of aryl methyl sites for hydroxylation is 1. The molecule has 2 aromatic rings. The van der Waals surface area contributed by atoms with Crippen LogP contribution in [-0.2, 0) is 10.5 Å². The molecule has 0 N–H and O–H groups in total. The van der Waals surface area contributed by atoms with Gasteiger partial charge in [-0.2, -0.15) is 0 Å². The predicted octanol–water partition coefficient (Wildman–Crippen LogP) is 3.59. The lowest BCUT2D eigenvalue weighted by Crippen LogP contribution is -2.32. The first-order valence-corrected chi connectivity index (χ1v) is 9.26. The SMILES string of the molecule is COc1cccc([C@H]2CCCN2C(=O)CSCc2cc(C)no2)c1. The van der Waals surface area contributed by atoms with Crippen LogP contribution in [0.3, 0.4) is 0 Å². The molecule has 24 heavy (non-hydrogen) atoms. The number of methoxy groups -OCH3 is 1. The highest BCUT2D eigenvalue weighted by Crippen LogP contribution is 2.34. The van der Waals surface area contributed by atoms with Gasteiger partial charge < -0.3 is 14.2 Å². The van der Waals surface area contributed by atoms with Gasteiger partial charge in [-0.1, -0.05) is 17.3 Å². The Balaban J connectivity index is 1.58. The molecule has 0 spiro atoms. The third kappa shape index (κ3) is 3.93. The van der Waals surface area contributed by atoms with Crippen molar-refractivity contribution in [3.63, 3.8) is 0 Å². The average molecular weight is 346 g/mol. The van der Waals surface area contributed by atoms with Gasteiger partial charge in [0.25, 0.3) is 0 Å². The second-order valence-corrected chi connectivity index (χ2v) is 6.93. The summed E-state index contributed by atoms with van der Waals surface area (Å²) in [7, 11) is 1.67. The number of ether oxygens (including phenoxy) is 1. The fraction of sp³-hybridized carbons (Fsp3) is 0.444. The summed E-state index contributed by atoms with van der Waals surface area (Å²) >= 11 is 1.57. The molecule has 6 heteroatoms. The van der Waals surface area contributed by atoms with Crippen molar-refractivity contribution in [2.24, 2.45) is 0 Å². The molecule has 1 saturated heterocycles. The summed E-state index contributed by atoms with van der Waals surface area (Å²) in [5.41, 5.74) is 2.02. The Bertz CT molecular complexity index is 701. The molecule has 1 fully saturated rings. The zero-order chi connectivity index (χ0) is 16.9. The van der Waals surface area contributed by atoms with Crippen LogP contribution >= 0.6 is 11.8 Å². The predicted molar refractivity (Wildman–Crippen MR) is 94.1 cm³/mol. The van der Waals surface area contributed by atoms with E-state index in [9.17, 15) is 4.79 Å². The number of carbonyl (C=O) groups is 1. The highest BCUT2D eigenvalue weighted by molar-refractivity contribution is 7.99. The molecule has 1 aromatic heterocycles. The Morgan fingerprint density at radius 3 is 3.08 bits per heavy atom. The smallest absolute Gasteiger partial charge is 0.233 e. The average Bonchev–Trinajstić information content (AvgIpc) is 3.24. The number of amides is 1. The highest BCUT2D eigenvalue weighted by Gasteiger charge is 2.29. The van der Waals surface area contributed by atoms with Gasteiger partial charge in [-0.15, -0.1) is 11.8 Å². The number of aromatic nitrogens is 1. The topological polar surface area (TPSA) is 55.6 Å². The number of nitrogens with zero attached hydrogens (tertiary/aromatic N) is 2. The van der Waals surface area contributed by atoms with Crippen molar-refractivity contribution in [3.8, 4) is 5.75 Å². The molecule has 1 aliphatic heterocycles. The van der Waals surface area contributed by atoms with E-state index in [-0.39, 0.29) is 11.9 Å². The lowest BCUT2D eigenvalue weighted by atomic mass is 10.0. The molecule has 3 rings (SSSR count). The molecule has 0 radical (unpaired) electrons. The van der Waals surface area contributed by atoms with Gasteiger partial charge in [0, 0.05) is 12.6 Å². The van der Waals surface area contributed by atoms with Crippen LogP contribution in [0, 0.1) is 6.92 Å². The maximum Gasteiger partial charge on any atom is 0.233 e. The molecule has 128 valence electrons. The summed E-state index contributed by atoms with van der Waals surface area (Å²) in [6, 6.07) is 10.1. The molecule has 0 unspecified atom stereocenters. The first-order valence-electron chi connectivity index (χ1n) is 8.10. The van der Waals surface area contributed by atoms with Crippen molar-refractivity contribution in [3.05, 3.63) is 47.3 Å². The maximum atomic E-state index is 12.6. The van der Waals surface area contributed by atoms with Gasteiger partial charge in [-0.05, 0) is 37.5 Å². The quantitative estimate of drug-likeness (QED) is 0.800. The van der Waals surface area contributed by atoms with E-state index in [0.717, 1.165) is 42.2 Å². The minimum Gasteiger partial charge on any atom is -0.497 e. The van der Waals surface area contributed by atoms with Crippen LogP contribution < -0.4 is 4.74 Å².